The molecule has 1 aliphatic rings. The normalized spacial score (nSPS) is 15.4. The Labute approximate surface area is 165 Å². The first kappa shape index (κ1) is 18.3. The molecule has 0 radical (unpaired) electrons. The number of H-pyrrole nitrogens is 1. The van der Waals surface area contributed by atoms with Gasteiger partial charge in [0.15, 0.2) is 0 Å². The minimum absolute atomic E-state index is 0.0208. The van der Waals surface area contributed by atoms with Crippen molar-refractivity contribution in [2.45, 2.75) is 0 Å². The molecule has 1 amide bonds. The van der Waals surface area contributed by atoms with Crippen molar-refractivity contribution in [1.29, 1.82) is 0 Å². The minimum Gasteiger partial charge on any atom is -0.349 e. The predicted octanol–water partition coefficient (Wildman–Crippen LogP) is 2.89. The van der Waals surface area contributed by atoms with Crippen LogP contribution in [0, 0.1) is 0 Å². The molecule has 0 aliphatic carbocycles. The van der Waals surface area contributed by atoms with Crippen molar-refractivity contribution in [3.8, 4) is 11.4 Å². The van der Waals surface area contributed by atoms with E-state index in [4.69, 9.17) is 0 Å². The van der Waals surface area contributed by atoms with Crippen LogP contribution in [0.2, 0.25) is 0 Å². The third-order valence-corrected chi connectivity index (χ3v) is 5.15. The summed E-state index contributed by atoms with van der Waals surface area (Å²) in [6.07, 6.45) is 6.30. The van der Waals surface area contributed by atoms with Gasteiger partial charge in [0, 0.05) is 46.0 Å². The molecule has 0 saturated carbocycles. The molecule has 6 heteroatoms. The van der Waals surface area contributed by atoms with Crippen LogP contribution in [-0.2, 0) is 7.05 Å². The Balaban J connectivity index is 1.30. The lowest BCUT2D eigenvalue weighted by Crippen LogP contribution is -2.48. The number of aryl methyl sites for hydroxylation is 1. The molecule has 3 heterocycles. The Kier molecular flexibility index (Phi) is 5.39. The van der Waals surface area contributed by atoms with E-state index in [-0.39, 0.29) is 5.91 Å². The largest absolute Gasteiger partial charge is 0.349 e. The molecule has 28 heavy (non-hydrogen) atoms. The maximum Gasteiger partial charge on any atom is 0.271 e. The lowest BCUT2D eigenvalue weighted by atomic mass is 10.2. The first-order chi connectivity index (χ1) is 13.7. The zero-order valence-electron chi connectivity index (χ0n) is 16.1. The molecular formula is C22H25N5O. The number of benzene rings is 1. The van der Waals surface area contributed by atoms with E-state index in [1.807, 2.05) is 59.1 Å². The lowest BCUT2D eigenvalue weighted by molar-refractivity contribution is 0.0644. The van der Waals surface area contributed by atoms with Gasteiger partial charge in [-0.1, -0.05) is 42.5 Å². The van der Waals surface area contributed by atoms with Gasteiger partial charge < -0.3 is 9.47 Å². The second-order valence-electron chi connectivity index (χ2n) is 7.08. The molecule has 6 nitrogen and oxygen atoms in total. The maximum absolute atomic E-state index is 12.8. The van der Waals surface area contributed by atoms with Gasteiger partial charge in [0.1, 0.15) is 11.4 Å². The highest BCUT2D eigenvalue weighted by Gasteiger charge is 2.23. The molecule has 3 aromatic rings. The summed E-state index contributed by atoms with van der Waals surface area (Å²) in [5.74, 6) is 0.0208. The zero-order valence-corrected chi connectivity index (χ0v) is 16.1. The maximum atomic E-state index is 12.8. The van der Waals surface area contributed by atoms with Gasteiger partial charge in [0.25, 0.3) is 5.91 Å². The average Bonchev–Trinajstić information content (AvgIpc) is 3.38. The summed E-state index contributed by atoms with van der Waals surface area (Å²) in [6, 6.07) is 16.1. The summed E-state index contributed by atoms with van der Waals surface area (Å²) in [4.78, 5) is 17.1. The molecule has 0 bridgehead atoms. The molecule has 1 saturated heterocycles. The summed E-state index contributed by atoms with van der Waals surface area (Å²) >= 11 is 0. The number of amides is 1. The standard InChI is InChI=1S/C22H25N5O/c1-25-11-6-10-21(25)19-17-20(24-23-19)22(28)27-15-13-26(14-16-27)12-5-9-18-7-3-2-4-8-18/h2-11,17H,12-16H2,1H3,(H,23,24)/b9-5+. The van der Waals surface area contributed by atoms with Gasteiger partial charge in [0.05, 0.1) is 5.69 Å². The van der Waals surface area contributed by atoms with Crippen molar-refractivity contribution in [3.05, 3.63) is 72.1 Å². The fourth-order valence-electron chi connectivity index (χ4n) is 3.50. The molecule has 144 valence electrons. The highest BCUT2D eigenvalue weighted by atomic mass is 16.2. The van der Waals surface area contributed by atoms with Gasteiger partial charge >= 0.3 is 0 Å². The van der Waals surface area contributed by atoms with Crippen LogP contribution in [0.5, 0.6) is 0 Å². The highest BCUT2D eigenvalue weighted by Crippen LogP contribution is 2.18. The van der Waals surface area contributed by atoms with Gasteiger partial charge in [-0.3, -0.25) is 14.8 Å². The lowest BCUT2D eigenvalue weighted by Gasteiger charge is -2.33. The van der Waals surface area contributed by atoms with Gasteiger partial charge in [-0.25, -0.2) is 0 Å². The van der Waals surface area contributed by atoms with Crippen LogP contribution in [0.4, 0.5) is 0 Å². The third kappa shape index (κ3) is 4.07. The SMILES string of the molecule is Cn1cccc1-c1cc(C(=O)N2CCN(C/C=C/c3ccccc3)CC2)[nH]n1. The number of rotatable bonds is 5. The zero-order chi connectivity index (χ0) is 19.3. The Morgan fingerprint density at radius 2 is 1.89 bits per heavy atom. The molecular weight excluding hydrogens is 350 g/mol. The van der Waals surface area contributed by atoms with E-state index in [0.29, 0.717) is 5.69 Å². The second-order valence-corrected chi connectivity index (χ2v) is 7.08. The van der Waals surface area contributed by atoms with E-state index in [9.17, 15) is 4.79 Å². The predicted molar refractivity (Wildman–Crippen MR) is 111 cm³/mol. The van der Waals surface area contributed by atoms with E-state index in [1.165, 1.54) is 5.56 Å². The highest BCUT2D eigenvalue weighted by molar-refractivity contribution is 5.93. The summed E-state index contributed by atoms with van der Waals surface area (Å²) < 4.78 is 1.99. The van der Waals surface area contributed by atoms with Gasteiger partial charge in [-0.05, 0) is 23.8 Å². The number of hydrogen-bond donors (Lipinski definition) is 1. The van der Waals surface area contributed by atoms with E-state index in [2.05, 4.69) is 39.4 Å². The molecule has 1 aromatic carbocycles. The van der Waals surface area contributed by atoms with Crippen molar-refractivity contribution >= 4 is 12.0 Å². The first-order valence-electron chi connectivity index (χ1n) is 9.61. The van der Waals surface area contributed by atoms with Crippen molar-refractivity contribution in [2.75, 3.05) is 32.7 Å². The van der Waals surface area contributed by atoms with Crippen molar-refractivity contribution in [3.63, 3.8) is 0 Å². The van der Waals surface area contributed by atoms with E-state index >= 15 is 0 Å². The molecule has 1 aliphatic heterocycles. The number of nitrogens with zero attached hydrogens (tertiary/aromatic N) is 4. The Morgan fingerprint density at radius 3 is 2.61 bits per heavy atom. The van der Waals surface area contributed by atoms with Gasteiger partial charge in [0.2, 0.25) is 0 Å². The molecule has 0 atom stereocenters. The van der Waals surface area contributed by atoms with Gasteiger partial charge in [-0.2, -0.15) is 5.10 Å². The Morgan fingerprint density at radius 1 is 1.11 bits per heavy atom. The molecule has 0 spiro atoms. The second kappa shape index (κ2) is 8.27. The first-order valence-corrected chi connectivity index (χ1v) is 9.61. The Bertz CT molecular complexity index is 948. The number of aromatic nitrogens is 3. The number of carbonyl (C=O) groups excluding carboxylic acids is 1. The summed E-state index contributed by atoms with van der Waals surface area (Å²) in [5.41, 5.74) is 3.55. The van der Waals surface area contributed by atoms with Crippen LogP contribution in [0.25, 0.3) is 17.5 Å². The number of carbonyl (C=O) groups is 1. The third-order valence-electron chi connectivity index (χ3n) is 5.15. The van der Waals surface area contributed by atoms with Crippen molar-refractivity contribution in [2.24, 2.45) is 7.05 Å². The van der Waals surface area contributed by atoms with Crippen LogP contribution in [0.3, 0.4) is 0 Å². The fraction of sp³-hybridized carbons (Fsp3) is 0.273. The Hall–Kier alpha value is -3.12. The summed E-state index contributed by atoms with van der Waals surface area (Å²) in [6.45, 7) is 4.12. The van der Waals surface area contributed by atoms with Gasteiger partial charge in [-0.15, -0.1) is 0 Å². The van der Waals surface area contributed by atoms with E-state index in [0.717, 1.165) is 44.1 Å². The molecule has 4 rings (SSSR count). The smallest absolute Gasteiger partial charge is 0.271 e. The monoisotopic (exact) mass is 375 g/mol. The summed E-state index contributed by atoms with van der Waals surface area (Å²) in [5, 5.41) is 7.21. The summed E-state index contributed by atoms with van der Waals surface area (Å²) in [7, 11) is 1.97. The average molecular weight is 375 g/mol. The number of hydrogen-bond acceptors (Lipinski definition) is 3. The van der Waals surface area contributed by atoms with E-state index in [1.54, 1.807) is 0 Å². The number of aromatic amines is 1. The van der Waals surface area contributed by atoms with E-state index < -0.39 is 0 Å². The molecule has 1 N–H and O–H groups in total. The molecule has 2 aromatic heterocycles. The van der Waals surface area contributed by atoms with Crippen LogP contribution >= 0.6 is 0 Å². The minimum atomic E-state index is 0.0208. The van der Waals surface area contributed by atoms with Crippen LogP contribution in [-0.4, -0.2) is 63.2 Å². The topological polar surface area (TPSA) is 57.2 Å². The quantitative estimate of drug-likeness (QED) is 0.746. The van der Waals surface area contributed by atoms with Crippen molar-refractivity contribution < 1.29 is 4.79 Å². The fourth-order valence-corrected chi connectivity index (χ4v) is 3.50. The number of piperazine rings is 1. The van der Waals surface area contributed by atoms with Crippen molar-refractivity contribution in [1.82, 2.24) is 24.6 Å². The van der Waals surface area contributed by atoms with Crippen LogP contribution in [0.15, 0.2) is 60.8 Å². The van der Waals surface area contributed by atoms with Crippen LogP contribution in [0.1, 0.15) is 16.1 Å². The molecule has 1 fully saturated rings. The van der Waals surface area contributed by atoms with Crippen LogP contribution < -0.4 is 0 Å². The number of nitrogens with one attached hydrogen (secondary N) is 1. The molecule has 0 unspecified atom stereocenters.